The minimum absolute atomic E-state index is 0.0765. The van der Waals surface area contributed by atoms with E-state index < -0.39 is 6.10 Å². The van der Waals surface area contributed by atoms with Gasteiger partial charge in [-0.2, -0.15) is 0 Å². The molecule has 79 heavy (non-hydrogen) atoms. The minimum Gasteiger partial charge on any atom is -0.462 e. The molecule has 0 N–H and O–H groups in total. The molecule has 0 aliphatic heterocycles. The molecule has 462 valence electrons. The molecule has 0 aliphatic carbocycles. The number of carbonyl (C=O) groups is 3. The first-order chi connectivity index (χ1) is 39.0. The van der Waals surface area contributed by atoms with Gasteiger partial charge in [-0.25, -0.2) is 0 Å². The predicted octanol–water partition coefficient (Wildman–Crippen LogP) is 24.1. The third-order valence-corrected chi connectivity index (χ3v) is 15.8. The van der Waals surface area contributed by atoms with Crippen molar-refractivity contribution in [1.82, 2.24) is 0 Å². The van der Waals surface area contributed by atoms with Crippen molar-refractivity contribution in [3.05, 3.63) is 48.6 Å². The average Bonchev–Trinajstić information content (AvgIpc) is 3.45. The molecule has 0 radical (unpaired) electrons. The highest BCUT2D eigenvalue weighted by molar-refractivity contribution is 5.71. The Labute approximate surface area is 492 Å². The van der Waals surface area contributed by atoms with Crippen molar-refractivity contribution in [3.63, 3.8) is 0 Å². The Kier molecular flexibility index (Phi) is 65.6. The van der Waals surface area contributed by atoms with Gasteiger partial charge in [0.2, 0.25) is 0 Å². The molecular weight excluding hydrogens is 973 g/mol. The molecule has 0 bridgehead atoms. The van der Waals surface area contributed by atoms with E-state index in [1.165, 1.54) is 250 Å². The van der Waals surface area contributed by atoms with Crippen molar-refractivity contribution < 1.29 is 28.6 Å². The molecule has 0 heterocycles. The lowest BCUT2D eigenvalue weighted by Gasteiger charge is -2.18. The first-order valence-electron chi connectivity index (χ1n) is 35.1. The Balaban J connectivity index is 4.06. The molecule has 1 unspecified atom stereocenters. The van der Waals surface area contributed by atoms with E-state index >= 15 is 0 Å². The van der Waals surface area contributed by atoms with Crippen LogP contribution in [0.5, 0.6) is 0 Å². The number of hydrogen-bond donors (Lipinski definition) is 0. The first-order valence-corrected chi connectivity index (χ1v) is 35.1. The SMILES string of the molecule is CC/C=C\C/C=C\C/C=C\CCCCCCCCCC(=O)OC(COC(=O)CCCCCCC/C=C\CCCC)COC(=O)CCCCCCCCCCCCCCCCCCCCCCCCCCCCCCCCCCC. The molecule has 0 rings (SSSR count). The van der Waals surface area contributed by atoms with Crippen molar-refractivity contribution >= 4 is 17.9 Å². The van der Waals surface area contributed by atoms with Gasteiger partial charge in [0.15, 0.2) is 6.10 Å². The summed E-state index contributed by atoms with van der Waals surface area (Å²) in [5.41, 5.74) is 0. The van der Waals surface area contributed by atoms with Crippen LogP contribution in [0.3, 0.4) is 0 Å². The zero-order chi connectivity index (χ0) is 57.1. The maximum absolute atomic E-state index is 12.9. The number of carbonyl (C=O) groups excluding carboxylic acids is 3. The topological polar surface area (TPSA) is 78.9 Å². The number of rotatable bonds is 65. The van der Waals surface area contributed by atoms with Gasteiger partial charge in [0.25, 0.3) is 0 Å². The van der Waals surface area contributed by atoms with E-state index in [0.717, 1.165) is 89.9 Å². The monoisotopic (exact) mass is 1110 g/mol. The Morgan fingerprint density at radius 1 is 0.266 bits per heavy atom. The van der Waals surface area contributed by atoms with Crippen LogP contribution in [0.2, 0.25) is 0 Å². The molecule has 6 heteroatoms. The van der Waals surface area contributed by atoms with Crippen molar-refractivity contribution in [1.29, 1.82) is 0 Å². The van der Waals surface area contributed by atoms with Crippen LogP contribution in [0.15, 0.2) is 48.6 Å². The van der Waals surface area contributed by atoms with Crippen LogP contribution < -0.4 is 0 Å². The number of esters is 3. The van der Waals surface area contributed by atoms with Crippen LogP contribution in [0, 0.1) is 0 Å². The van der Waals surface area contributed by atoms with Gasteiger partial charge in [-0.3, -0.25) is 14.4 Å². The van der Waals surface area contributed by atoms with Gasteiger partial charge >= 0.3 is 17.9 Å². The van der Waals surface area contributed by atoms with Crippen LogP contribution in [-0.2, 0) is 28.6 Å². The second-order valence-electron chi connectivity index (χ2n) is 23.8. The molecule has 0 aromatic rings. The maximum Gasteiger partial charge on any atom is 0.306 e. The van der Waals surface area contributed by atoms with Crippen molar-refractivity contribution in [2.75, 3.05) is 13.2 Å². The van der Waals surface area contributed by atoms with Gasteiger partial charge in [0.05, 0.1) is 0 Å². The summed E-state index contributed by atoms with van der Waals surface area (Å²) in [6.45, 7) is 6.53. The standard InChI is InChI=1S/C73H134O6/c1-4-7-10-13-16-19-22-24-26-28-29-30-31-32-33-34-35-36-37-38-39-40-41-42-43-45-46-48-51-54-57-60-63-66-72(75)78-69-70(68-77-71(74)65-62-59-56-53-50-21-18-15-12-9-6-3)79-73(76)67-64-61-58-55-52-49-47-44-27-25-23-20-17-14-11-8-5-2/h8,11,15,17-18,20,25,27,70H,4-7,9-10,12-14,16,19,21-24,26,28-69H2,1-3H3/b11-8-,18-15-,20-17-,27-25-. The van der Waals surface area contributed by atoms with Gasteiger partial charge < -0.3 is 14.2 Å². The zero-order valence-electron chi connectivity index (χ0n) is 53.2. The van der Waals surface area contributed by atoms with Crippen molar-refractivity contribution in [2.24, 2.45) is 0 Å². The van der Waals surface area contributed by atoms with Gasteiger partial charge in [0, 0.05) is 19.3 Å². The minimum atomic E-state index is -0.781. The zero-order valence-corrected chi connectivity index (χ0v) is 53.2. The predicted molar refractivity (Wildman–Crippen MR) is 344 cm³/mol. The first kappa shape index (κ1) is 76.4. The lowest BCUT2D eigenvalue weighted by Crippen LogP contribution is -2.30. The van der Waals surface area contributed by atoms with Gasteiger partial charge in [-0.15, -0.1) is 0 Å². The molecule has 0 aliphatic rings. The van der Waals surface area contributed by atoms with Crippen LogP contribution in [0.25, 0.3) is 0 Å². The number of allylic oxidation sites excluding steroid dienone is 8. The summed E-state index contributed by atoms with van der Waals surface area (Å²) >= 11 is 0. The Morgan fingerprint density at radius 3 is 0.823 bits per heavy atom. The van der Waals surface area contributed by atoms with Gasteiger partial charge in [0.1, 0.15) is 13.2 Å². The lowest BCUT2D eigenvalue weighted by molar-refractivity contribution is -0.167. The van der Waals surface area contributed by atoms with E-state index in [4.69, 9.17) is 14.2 Å². The van der Waals surface area contributed by atoms with Crippen molar-refractivity contribution in [3.8, 4) is 0 Å². The highest BCUT2D eigenvalue weighted by Gasteiger charge is 2.19. The molecule has 6 nitrogen and oxygen atoms in total. The normalized spacial score (nSPS) is 12.3. The molecule has 0 saturated heterocycles. The second kappa shape index (κ2) is 67.9. The summed E-state index contributed by atoms with van der Waals surface area (Å²) in [5.74, 6) is -0.876. The second-order valence-corrected chi connectivity index (χ2v) is 23.8. The quantitative estimate of drug-likeness (QED) is 0.0261. The fraction of sp³-hybridized carbons (Fsp3) is 0.849. The lowest BCUT2D eigenvalue weighted by atomic mass is 10.0. The fourth-order valence-corrected chi connectivity index (χ4v) is 10.6. The smallest absolute Gasteiger partial charge is 0.306 e. The molecule has 0 fully saturated rings. The van der Waals surface area contributed by atoms with Crippen molar-refractivity contribution in [2.45, 2.75) is 386 Å². The third-order valence-electron chi connectivity index (χ3n) is 15.8. The Hall–Kier alpha value is -2.63. The summed E-state index contributed by atoms with van der Waals surface area (Å²) in [6, 6.07) is 0. The van der Waals surface area contributed by atoms with Crippen LogP contribution >= 0.6 is 0 Å². The van der Waals surface area contributed by atoms with E-state index in [-0.39, 0.29) is 31.1 Å². The van der Waals surface area contributed by atoms with E-state index in [9.17, 15) is 14.4 Å². The molecule has 0 saturated carbocycles. The summed E-state index contributed by atoms with van der Waals surface area (Å²) in [4.78, 5) is 38.3. The largest absolute Gasteiger partial charge is 0.462 e. The third kappa shape index (κ3) is 66.1. The summed E-state index contributed by atoms with van der Waals surface area (Å²) < 4.78 is 16.9. The Morgan fingerprint density at radius 2 is 0.506 bits per heavy atom. The van der Waals surface area contributed by atoms with E-state index in [0.29, 0.717) is 19.3 Å². The van der Waals surface area contributed by atoms with E-state index in [1.54, 1.807) is 0 Å². The molecule has 1 atom stereocenters. The van der Waals surface area contributed by atoms with Crippen LogP contribution in [-0.4, -0.2) is 37.2 Å². The molecule has 0 spiro atoms. The average molecular weight is 1110 g/mol. The van der Waals surface area contributed by atoms with E-state index in [2.05, 4.69) is 69.4 Å². The van der Waals surface area contributed by atoms with E-state index in [1.807, 2.05) is 0 Å². The molecule has 0 amide bonds. The number of hydrogen-bond acceptors (Lipinski definition) is 6. The highest BCUT2D eigenvalue weighted by atomic mass is 16.6. The highest BCUT2D eigenvalue weighted by Crippen LogP contribution is 2.19. The summed E-state index contributed by atoms with van der Waals surface area (Å²) in [5, 5.41) is 0. The molecule has 0 aromatic carbocycles. The van der Waals surface area contributed by atoms with Crippen LogP contribution in [0.4, 0.5) is 0 Å². The van der Waals surface area contributed by atoms with Gasteiger partial charge in [-0.05, 0) is 70.6 Å². The van der Waals surface area contributed by atoms with Crippen LogP contribution in [0.1, 0.15) is 380 Å². The number of unbranched alkanes of at least 4 members (excludes halogenated alkanes) is 46. The maximum atomic E-state index is 12.9. The fourth-order valence-electron chi connectivity index (χ4n) is 10.6. The Bertz CT molecular complexity index is 1360. The molecule has 0 aromatic heterocycles. The molecular formula is C73H134O6. The number of ether oxygens (including phenoxy) is 3. The summed E-state index contributed by atoms with van der Waals surface area (Å²) in [6.07, 6.45) is 86.0. The van der Waals surface area contributed by atoms with Gasteiger partial charge in [-0.1, -0.05) is 339 Å². The summed E-state index contributed by atoms with van der Waals surface area (Å²) in [7, 11) is 0.